The zero-order valence-electron chi connectivity index (χ0n) is 31.7. The van der Waals surface area contributed by atoms with Gasteiger partial charge in [0, 0.05) is 44.1 Å². The average Bonchev–Trinajstić information content (AvgIpc) is 3.32. The Bertz CT molecular complexity index is 2970. The van der Waals surface area contributed by atoms with Gasteiger partial charge in [-0.2, -0.15) is 10.5 Å². The zero-order valence-corrected chi connectivity index (χ0v) is 32.6. The minimum atomic E-state index is -3.21. The van der Waals surface area contributed by atoms with Crippen molar-refractivity contribution in [2.75, 3.05) is 4.90 Å². The highest BCUT2D eigenvalue weighted by Gasteiger charge is 2.30. The topological polar surface area (TPSA) is 93.7 Å². The Labute approximate surface area is 343 Å². The Hall–Kier alpha value is -7.89. The third-order valence-electron chi connectivity index (χ3n) is 10.5. The van der Waals surface area contributed by atoms with E-state index in [1.807, 2.05) is 133 Å². The molecule has 0 saturated carbocycles. The first-order valence-corrected chi connectivity index (χ1v) is 20.8. The van der Waals surface area contributed by atoms with Crippen LogP contribution in [0.1, 0.15) is 11.1 Å². The molecule has 0 N–H and O–H groups in total. The Morgan fingerprint density at radius 3 is 1.10 bits per heavy atom. The van der Waals surface area contributed by atoms with Crippen molar-refractivity contribution in [3.8, 4) is 45.8 Å². The maximum atomic E-state index is 15.1. The molecule has 9 aromatic rings. The second-order valence-electron chi connectivity index (χ2n) is 14.0. The number of hydrogen-bond donors (Lipinski definition) is 0. The van der Waals surface area contributed by atoms with Crippen LogP contribution in [0, 0.1) is 22.7 Å². The highest BCUT2D eigenvalue weighted by molar-refractivity contribution is 7.85. The van der Waals surface area contributed by atoms with E-state index in [1.165, 1.54) is 0 Å². The van der Waals surface area contributed by atoms with Crippen LogP contribution in [0.3, 0.4) is 0 Å². The Balaban J connectivity index is 1.11. The van der Waals surface area contributed by atoms with Gasteiger partial charge in [0.25, 0.3) is 0 Å². The van der Waals surface area contributed by atoms with Crippen molar-refractivity contribution in [1.82, 2.24) is 9.97 Å². The lowest BCUT2D eigenvalue weighted by molar-refractivity contribution is 0.592. The van der Waals surface area contributed by atoms with Crippen LogP contribution in [0.15, 0.2) is 206 Å². The number of anilines is 3. The molecule has 59 heavy (non-hydrogen) atoms. The third kappa shape index (κ3) is 6.96. The summed E-state index contributed by atoms with van der Waals surface area (Å²) >= 11 is 0. The summed E-state index contributed by atoms with van der Waals surface area (Å²) in [5.41, 5.74) is 9.26. The van der Waals surface area contributed by atoms with Crippen molar-refractivity contribution in [3.05, 3.63) is 217 Å². The number of benzene rings is 8. The minimum Gasteiger partial charge on any atom is -0.311 e. The van der Waals surface area contributed by atoms with Crippen molar-refractivity contribution < 1.29 is 4.57 Å². The van der Waals surface area contributed by atoms with Gasteiger partial charge < -0.3 is 9.46 Å². The lowest BCUT2D eigenvalue weighted by Crippen LogP contribution is -2.24. The standard InChI is InChI=1S/C52H34N5OP/c53-35-41-25-26-42(36-54)52-51(41)55-49(50(56-52)40-29-33-48(34-30-40)59(58,46-17-9-3-10-18-46)47-19-11-4-12-20-47)39-23-21-37(22-24-39)38-27-31-45(32-28-38)57(43-13-5-1-6-14-43)44-15-7-2-8-16-44/h1-34H. The second-order valence-corrected chi connectivity index (χ2v) is 16.7. The molecule has 0 bridgehead atoms. The molecular formula is C52H34N5OP. The molecule has 0 atom stereocenters. The van der Waals surface area contributed by atoms with Crippen LogP contribution >= 0.6 is 7.14 Å². The van der Waals surface area contributed by atoms with Gasteiger partial charge in [-0.25, -0.2) is 9.97 Å². The monoisotopic (exact) mass is 775 g/mol. The predicted octanol–water partition coefficient (Wildman–Crippen LogP) is 11.5. The maximum absolute atomic E-state index is 15.1. The highest BCUT2D eigenvalue weighted by atomic mass is 31.2. The summed E-state index contributed by atoms with van der Waals surface area (Å²) in [6, 6.07) is 71.7. The van der Waals surface area contributed by atoms with E-state index < -0.39 is 7.14 Å². The summed E-state index contributed by atoms with van der Waals surface area (Å²) in [4.78, 5) is 12.3. The molecule has 7 heteroatoms. The van der Waals surface area contributed by atoms with E-state index in [9.17, 15) is 10.5 Å². The first-order valence-electron chi connectivity index (χ1n) is 19.1. The Morgan fingerprint density at radius 2 is 0.695 bits per heavy atom. The van der Waals surface area contributed by atoms with Crippen molar-refractivity contribution >= 4 is 51.2 Å². The van der Waals surface area contributed by atoms with Crippen LogP contribution in [0.25, 0.3) is 44.7 Å². The van der Waals surface area contributed by atoms with Crippen molar-refractivity contribution in [2.24, 2.45) is 0 Å². The largest absolute Gasteiger partial charge is 0.311 e. The van der Waals surface area contributed by atoms with Gasteiger partial charge >= 0.3 is 0 Å². The molecule has 0 aliphatic rings. The van der Waals surface area contributed by atoms with Gasteiger partial charge in [0.2, 0.25) is 0 Å². The van der Waals surface area contributed by atoms with E-state index in [4.69, 9.17) is 9.97 Å². The summed E-state index contributed by atoms with van der Waals surface area (Å²) in [6.45, 7) is 0. The van der Waals surface area contributed by atoms with Crippen LogP contribution in [0.5, 0.6) is 0 Å². The van der Waals surface area contributed by atoms with E-state index in [0.717, 1.165) is 49.9 Å². The SMILES string of the molecule is N#Cc1ccc(C#N)c2nc(-c3ccc(P(=O)(c4ccccc4)c4ccccc4)cc3)c(-c3ccc(-c4ccc(N(c5ccccc5)c5ccccc5)cc4)cc3)nc12. The molecule has 1 heterocycles. The predicted molar refractivity (Wildman–Crippen MR) is 239 cm³/mol. The van der Waals surface area contributed by atoms with Gasteiger partial charge in [0.15, 0.2) is 7.14 Å². The number of nitriles is 2. The molecular weight excluding hydrogens is 742 g/mol. The summed E-state index contributed by atoms with van der Waals surface area (Å²) in [5.74, 6) is 0. The molecule has 278 valence electrons. The van der Waals surface area contributed by atoms with Crippen molar-refractivity contribution in [1.29, 1.82) is 10.5 Å². The second kappa shape index (κ2) is 15.9. The van der Waals surface area contributed by atoms with Crippen LogP contribution < -0.4 is 20.8 Å². The summed E-state index contributed by atoms with van der Waals surface area (Å²) < 4.78 is 15.1. The lowest BCUT2D eigenvalue weighted by Gasteiger charge is -2.25. The van der Waals surface area contributed by atoms with Crippen LogP contribution in [-0.2, 0) is 4.57 Å². The van der Waals surface area contributed by atoms with Gasteiger partial charge in [0.05, 0.1) is 22.5 Å². The fourth-order valence-corrected chi connectivity index (χ4v) is 10.1. The third-order valence-corrected chi connectivity index (χ3v) is 13.5. The van der Waals surface area contributed by atoms with Gasteiger partial charge in [-0.05, 0) is 59.7 Å². The maximum Gasteiger partial charge on any atom is 0.171 e. The molecule has 0 fully saturated rings. The van der Waals surface area contributed by atoms with Gasteiger partial charge in [-0.3, -0.25) is 0 Å². The number of para-hydroxylation sites is 2. The van der Waals surface area contributed by atoms with E-state index in [0.29, 0.717) is 38.9 Å². The molecule has 0 unspecified atom stereocenters. The number of nitrogens with zero attached hydrogens (tertiary/aromatic N) is 5. The van der Waals surface area contributed by atoms with Gasteiger partial charge in [-0.15, -0.1) is 0 Å². The molecule has 0 saturated heterocycles. The molecule has 6 nitrogen and oxygen atoms in total. The van der Waals surface area contributed by atoms with Gasteiger partial charge in [0.1, 0.15) is 23.2 Å². The van der Waals surface area contributed by atoms with E-state index >= 15 is 4.57 Å². The van der Waals surface area contributed by atoms with Gasteiger partial charge in [-0.1, -0.05) is 158 Å². The normalized spacial score (nSPS) is 11.1. The number of hydrogen-bond acceptors (Lipinski definition) is 6. The van der Waals surface area contributed by atoms with Crippen molar-refractivity contribution in [2.45, 2.75) is 0 Å². The molecule has 0 spiro atoms. The quantitative estimate of drug-likeness (QED) is 0.136. The summed E-state index contributed by atoms with van der Waals surface area (Å²) in [5, 5.41) is 22.3. The Morgan fingerprint density at radius 1 is 0.373 bits per heavy atom. The Kier molecular flexibility index (Phi) is 9.92. The van der Waals surface area contributed by atoms with E-state index in [2.05, 4.69) is 77.7 Å². The fraction of sp³-hybridized carbons (Fsp3) is 0. The highest BCUT2D eigenvalue weighted by Crippen LogP contribution is 2.43. The molecule has 0 aliphatic carbocycles. The smallest absolute Gasteiger partial charge is 0.171 e. The lowest BCUT2D eigenvalue weighted by atomic mass is 9.99. The van der Waals surface area contributed by atoms with Crippen LogP contribution in [-0.4, -0.2) is 9.97 Å². The summed E-state index contributed by atoms with van der Waals surface area (Å²) in [6.07, 6.45) is 0. The fourth-order valence-electron chi connectivity index (χ4n) is 7.50. The van der Waals surface area contributed by atoms with E-state index in [1.54, 1.807) is 12.1 Å². The first kappa shape index (κ1) is 36.7. The molecule has 0 radical (unpaired) electrons. The molecule has 0 aliphatic heterocycles. The number of aromatic nitrogens is 2. The summed E-state index contributed by atoms with van der Waals surface area (Å²) in [7, 11) is -3.21. The first-order chi connectivity index (χ1) is 29.0. The molecule has 9 rings (SSSR count). The number of rotatable bonds is 9. The van der Waals surface area contributed by atoms with Crippen LogP contribution in [0.4, 0.5) is 17.1 Å². The number of fused-ring (bicyclic) bond motifs is 1. The van der Waals surface area contributed by atoms with Crippen molar-refractivity contribution in [3.63, 3.8) is 0 Å². The minimum absolute atomic E-state index is 0.325. The van der Waals surface area contributed by atoms with Crippen LogP contribution in [0.2, 0.25) is 0 Å². The molecule has 0 amide bonds. The molecule has 8 aromatic carbocycles. The average molecular weight is 776 g/mol. The van der Waals surface area contributed by atoms with E-state index in [-0.39, 0.29) is 0 Å². The zero-order chi connectivity index (χ0) is 40.2. The molecule has 1 aromatic heterocycles.